The Morgan fingerprint density at radius 3 is 2.89 bits per heavy atom. The third-order valence-corrected chi connectivity index (χ3v) is 5.34. The molecular formula is C14H16BrNS2. The summed E-state index contributed by atoms with van der Waals surface area (Å²) in [6.45, 7) is 4.10. The average molecular weight is 342 g/mol. The molecule has 0 fully saturated rings. The molecule has 0 radical (unpaired) electrons. The monoisotopic (exact) mass is 341 g/mol. The van der Waals surface area contributed by atoms with E-state index in [1.807, 2.05) is 23.1 Å². The first-order valence-corrected chi connectivity index (χ1v) is 8.54. The van der Waals surface area contributed by atoms with Crippen molar-refractivity contribution in [1.29, 1.82) is 0 Å². The molecule has 0 aliphatic heterocycles. The van der Waals surface area contributed by atoms with Crippen LogP contribution < -0.4 is 5.32 Å². The van der Waals surface area contributed by atoms with Crippen LogP contribution in [-0.4, -0.2) is 6.54 Å². The van der Waals surface area contributed by atoms with Crippen LogP contribution in [-0.2, 0) is 12.3 Å². The zero-order valence-electron chi connectivity index (χ0n) is 10.3. The van der Waals surface area contributed by atoms with Crippen molar-refractivity contribution < 1.29 is 0 Å². The predicted molar refractivity (Wildman–Crippen MR) is 85.4 cm³/mol. The number of hydrogen-bond donors (Lipinski definition) is 1. The Morgan fingerprint density at radius 2 is 2.17 bits per heavy atom. The molecule has 2 aromatic rings. The molecule has 4 heteroatoms. The summed E-state index contributed by atoms with van der Waals surface area (Å²) in [5.41, 5.74) is 1.36. The van der Waals surface area contributed by atoms with Crippen molar-refractivity contribution in [2.75, 3.05) is 6.54 Å². The largest absolute Gasteiger partial charge is 0.313 e. The van der Waals surface area contributed by atoms with Gasteiger partial charge in [0.1, 0.15) is 0 Å². The van der Waals surface area contributed by atoms with E-state index in [2.05, 4.69) is 64.6 Å². The summed E-state index contributed by atoms with van der Waals surface area (Å²) in [5, 5.41) is 3.36. The molecule has 1 aromatic carbocycles. The van der Waals surface area contributed by atoms with E-state index < -0.39 is 0 Å². The second kappa shape index (κ2) is 7.34. The Hall–Kier alpha value is -0.290. The molecular weight excluding hydrogens is 326 g/mol. The Morgan fingerprint density at radius 1 is 1.28 bits per heavy atom. The highest BCUT2D eigenvalue weighted by atomic mass is 79.9. The Labute approximate surface area is 125 Å². The standard InChI is InChI=1S/C14H16BrNS2/c1-2-16-9-11-4-3-5-12(8-11)17-10-13-6-7-14(15)18-13/h3-8,16H,2,9-10H2,1H3. The van der Waals surface area contributed by atoms with Gasteiger partial charge in [-0.1, -0.05) is 19.1 Å². The van der Waals surface area contributed by atoms with Crippen LogP contribution in [0.25, 0.3) is 0 Å². The van der Waals surface area contributed by atoms with Crippen LogP contribution in [0, 0.1) is 0 Å². The quantitative estimate of drug-likeness (QED) is 0.749. The van der Waals surface area contributed by atoms with E-state index in [4.69, 9.17) is 0 Å². The third kappa shape index (κ3) is 4.43. The molecule has 1 nitrogen and oxygen atoms in total. The maximum Gasteiger partial charge on any atom is 0.0701 e. The number of nitrogens with one attached hydrogen (secondary N) is 1. The molecule has 0 amide bonds. The maximum absolute atomic E-state index is 3.50. The van der Waals surface area contributed by atoms with Gasteiger partial charge in [-0.25, -0.2) is 0 Å². The first kappa shape index (κ1) is 14.1. The Balaban J connectivity index is 1.92. The van der Waals surface area contributed by atoms with Crippen molar-refractivity contribution in [2.45, 2.75) is 24.1 Å². The van der Waals surface area contributed by atoms with E-state index in [0.29, 0.717) is 0 Å². The summed E-state index contributed by atoms with van der Waals surface area (Å²) in [7, 11) is 0. The second-order valence-electron chi connectivity index (χ2n) is 3.92. The van der Waals surface area contributed by atoms with E-state index in [1.165, 1.54) is 19.1 Å². The van der Waals surface area contributed by atoms with Crippen molar-refractivity contribution >= 4 is 39.0 Å². The summed E-state index contributed by atoms with van der Waals surface area (Å²) in [5.74, 6) is 1.04. The van der Waals surface area contributed by atoms with Crippen molar-refractivity contribution in [1.82, 2.24) is 5.32 Å². The summed E-state index contributed by atoms with van der Waals surface area (Å²) >= 11 is 7.20. The van der Waals surface area contributed by atoms with Gasteiger partial charge in [-0.2, -0.15) is 0 Å². The second-order valence-corrected chi connectivity index (χ2v) is 7.52. The zero-order valence-corrected chi connectivity index (χ0v) is 13.5. The van der Waals surface area contributed by atoms with Crippen LogP contribution in [0.3, 0.4) is 0 Å². The lowest BCUT2D eigenvalue weighted by Gasteiger charge is -2.05. The zero-order chi connectivity index (χ0) is 12.8. The summed E-state index contributed by atoms with van der Waals surface area (Å²) in [6.07, 6.45) is 0. The molecule has 0 atom stereocenters. The van der Waals surface area contributed by atoms with Gasteiger partial charge in [-0.05, 0) is 52.3 Å². The van der Waals surface area contributed by atoms with Gasteiger partial charge in [-0.3, -0.25) is 0 Å². The lowest BCUT2D eigenvalue weighted by molar-refractivity contribution is 0.725. The summed E-state index contributed by atoms with van der Waals surface area (Å²) < 4.78 is 1.21. The highest BCUT2D eigenvalue weighted by Gasteiger charge is 2.00. The van der Waals surface area contributed by atoms with Crippen LogP contribution >= 0.6 is 39.0 Å². The predicted octanol–water partition coefficient (Wildman–Crippen LogP) is 4.91. The molecule has 1 heterocycles. The minimum absolute atomic E-state index is 0.954. The normalized spacial score (nSPS) is 10.8. The number of thiophene rings is 1. The minimum Gasteiger partial charge on any atom is -0.313 e. The van der Waals surface area contributed by atoms with Crippen molar-refractivity contribution in [2.24, 2.45) is 0 Å². The summed E-state index contributed by atoms with van der Waals surface area (Å²) in [6, 6.07) is 13.1. The molecule has 2 rings (SSSR count). The average Bonchev–Trinajstić information content (AvgIpc) is 2.80. The van der Waals surface area contributed by atoms with Gasteiger partial charge >= 0.3 is 0 Å². The molecule has 0 saturated heterocycles. The topological polar surface area (TPSA) is 12.0 Å². The lowest BCUT2D eigenvalue weighted by Crippen LogP contribution is -2.11. The van der Waals surface area contributed by atoms with Gasteiger partial charge in [0.15, 0.2) is 0 Å². The first-order chi connectivity index (χ1) is 8.78. The van der Waals surface area contributed by atoms with Gasteiger partial charge in [0.05, 0.1) is 3.79 Å². The van der Waals surface area contributed by atoms with Gasteiger partial charge in [-0.15, -0.1) is 23.1 Å². The molecule has 0 aliphatic rings. The van der Waals surface area contributed by atoms with E-state index in [1.54, 1.807) is 0 Å². The molecule has 1 aromatic heterocycles. The van der Waals surface area contributed by atoms with Gasteiger partial charge in [0.25, 0.3) is 0 Å². The SMILES string of the molecule is CCNCc1cccc(SCc2ccc(Br)s2)c1. The van der Waals surface area contributed by atoms with Crippen LogP contribution in [0.15, 0.2) is 45.1 Å². The number of halogens is 1. The van der Waals surface area contributed by atoms with Crippen molar-refractivity contribution in [3.05, 3.63) is 50.6 Å². The molecule has 18 heavy (non-hydrogen) atoms. The number of thioether (sulfide) groups is 1. The lowest BCUT2D eigenvalue weighted by atomic mass is 10.2. The molecule has 1 N–H and O–H groups in total. The maximum atomic E-state index is 3.50. The van der Waals surface area contributed by atoms with Crippen LogP contribution in [0.2, 0.25) is 0 Å². The number of benzene rings is 1. The van der Waals surface area contributed by atoms with E-state index in [-0.39, 0.29) is 0 Å². The van der Waals surface area contributed by atoms with Crippen LogP contribution in [0.4, 0.5) is 0 Å². The molecule has 0 saturated carbocycles. The van der Waals surface area contributed by atoms with Gasteiger partial charge < -0.3 is 5.32 Å². The van der Waals surface area contributed by atoms with E-state index in [9.17, 15) is 0 Å². The summed E-state index contributed by atoms with van der Waals surface area (Å²) in [4.78, 5) is 2.75. The van der Waals surface area contributed by atoms with Crippen LogP contribution in [0.1, 0.15) is 17.4 Å². The number of hydrogen-bond acceptors (Lipinski definition) is 3. The van der Waals surface area contributed by atoms with Gasteiger partial charge in [0.2, 0.25) is 0 Å². The van der Waals surface area contributed by atoms with Gasteiger partial charge in [0, 0.05) is 22.1 Å². The fourth-order valence-corrected chi connectivity index (χ4v) is 4.10. The fourth-order valence-electron chi connectivity index (χ4n) is 1.60. The first-order valence-electron chi connectivity index (χ1n) is 5.94. The molecule has 0 bridgehead atoms. The third-order valence-electron chi connectivity index (χ3n) is 2.49. The minimum atomic E-state index is 0.954. The Kier molecular flexibility index (Phi) is 5.76. The number of rotatable bonds is 6. The highest BCUT2D eigenvalue weighted by molar-refractivity contribution is 9.11. The molecule has 96 valence electrons. The van der Waals surface area contributed by atoms with E-state index in [0.717, 1.165) is 18.8 Å². The van der Waals surface area contributed by atoms with Crippen LogP contribution in [0.5, 0.6) is 0 Å². The molecule has 0 aliphatic carbocycles. The van der Waals surface area contributed by atoms with Crippen molar-refractivity contribution in [3.63, 3.8) is 0 Å². The molecule has 0 unspecified atom stereocenters. The Bertz CT molecular complexity index is 496. The highest BCUT2D eigenvalue weighted by Crippen LogP contribution is 2.29. The fraction of sp³-hybridized carbons (Fsp3) is 0.286. The van der Waals surface area contributed by atoms with E-state index >= 15 is 0 Å². The van der Waals surface area contributed by atoms with Crippen molar-refractivity contribution in [3.8, 4) is 0 Å². The molecule has 0 spiro atoms. The smallest absolute Gasteiger partial charge is 0.0701 e.